The molecule has 0 aliphatic carbocycles. The number of rotatable bonds is 2. The number of carboxylic acid groups (broad SMARTS) is 1. The number of halogens is 1. The number of hydrogen-bond donors (Lipinski definition) is 3. The van der Waals surface area contributed by atoms with E-state index in [-0.39, 0.29) is 16.3 Å². The highest BCUT2D eigenvalue weighted by molar-refractivity contribution is 6.32. The summed E-state index contributed by atoms with van der Waals surface area (Å²) >= 11 is 5.86. The van der Waals surface area contributed by atoms with Crippen LogP contribution in [-0.4, -0.2) is 26.2 Å². The fourth-order valence-electron chi connectivity index (χ4n) is 1.98. The van der Waals surface area contributed by atoms with E-state index in [0.717, 1.165) is 0 Å². The van der Waals surface area contributed by atoms with Gasteiger partial charge in [0.05, 0.1) is 27.2 Å². The number of aromatic hydroxyl groups is 1. The molecule has 5 nitrogen and oxygen atoms in total. The summed E-state index contributed by atoms with van der Waals surface area (Å²) in [5.41, 5.74) is 1.83. The van der Waals surface area contributed by atoms with E-state index >= 15 is 0 Å². The number of nitrogens with one attached hydrogen (secondary N) is 1. The standard InChI is InChI=1S/C14H9ClN2O3/c15-9-3-1-2-8(12(9)18)13-16-10-5-4-7(14(19)20)6-11(10)17-13/h1-6,18H,(H,16,17)(H,19,20). The van der Waals surface area contributed by atoms with Crippen molar-refractivity contribution < 1.29 is 15.0 Å². The Balaban J connectivity index is 2.18. The molecule has 1 aromatic heterocycles. The lowest BCUT2D eigenvalue weighted by atomic mass is 10.2. The first-order valence-electron chi connectivity index (χ1n) is 5.77. The van der Waals surface area contributed by atoms with E-state index in [4.69, 9.17) is 16.7 Å². The van der Waals surface area contributed by atoms with Crippen molar-refractivity contribution in [3.8, 4) is 17.1 Å². The molecule has 0 aliphatic heterocycles. The third kappa shape index (κ3) is 1.98. The van der Waals surface area contributed by atoms with Gasteiger partial charge in [-0.05, 0) is 30.3 Å². The zero-order valence-electron chi connectivity index (χ0n) is 10.1. The molecule has 0 unspecified atom stereocenters. The molecule has 0 aliphatic rings. The van der Waals surface area contributed by atoms with Gasteiger partial charge in [0, 0.05) is 0 Å². The maximum Gasteiger partial charge on any atom is 0.335 e. The van der Waals surface area contributed by atoms with Crippen LogP contribution in [0.15, 0.2) is 36.4 Å². The molecule has 3 aromatic rings. The van der Waals surface area contributed by atoms with Crippen LogP contribution in [0.5, 0.6) is 5.75 Å². The number of carboxylic acids is 1. The molecule has 0 saturated carbocycles. The van der Waals surface area contributed by atoms with Gasteiger partial charge in [-0.25, -0.2) is 9.78 Å². The summed E-state index contributed by atoms with van der Waals surface area (Å²) in [6.07, 6.45) is 0. The Labute approximate surface area is 118 Å². The van der Waals surface area contributed by atoms with E-state index in [0.29, 0.717) is 22.4 Å². The maximum absolute atomic E-state index is 10.9. The SMILES string of the molecule is O=C(O)c1ccc2nc(-c3cccc(Cl)c3O)[nH]c2c1. The van der Waals surface area contributed by atoms with Gasteiger partial charge in [0.1, 0.15) is 11.6 Å². The zero-order chi connectivity index (χ0) is 14.3. The van der Waals surface area contributed by atoms with Crippen molar-refractivity contribution in [1.82, 2.24) is 9.97 Å². The van der Waals surface area contributed by atoms with Gasteiger partial charge in [-0.1, -0.05) is 17.7 Å². The van der Waals surface area contributed by atoms with Gasteiger partial charge in [-0.3, -0.25) is 0 Å². The molecule has 3 N–H and O–H groups in total. The first kappa shape index (κ1) is 12.5. The highest BCUT2D eigenvalue weighted by Gasteiger charge is 2.13. The van der Waals surface area contributed by atoms with Crippen LogP contribution in [0.1, 0.15) is 10.4 Å². The first-order valence-corrected chi connectivity index (χ1v) is 6.15. The number of H-pyrrole nitrogens is 1. The summed E-state index contributed by atoms with van der Waals surface area (Å²) in [6, 6.07) is 9.54. The van der Waals surface area contributed by atoms with Crippen LogP contribution in [0, 0.1) is 0 Å². The highest BCUT2D eigenvalue weighted by atomic mass is 35.5. The number of aromatic amines is 1. The summed E-state index contributed by atoms with van der Waals surface area (Å²) < 4.78 is 0. The molecule has 100 valence electrons. The van der Waals surface area contributed by atoms with E-state index in [2.05, 4.69) is 9.97 Å². The second-order valence-electron chi connectivity index (χ2n) is 4.26. The number of benzene rings is 2. The fourth-order valence-corrected chi connectivity index (χ4v) is 2.15. The second-order valence-corrected chi connectivity index (χ2v) is 4.67. The number of phenols is 1. The summed E-state index contributed by atoms with van der Waals surface area (Å²) in [5.74, 6) is -0.636. The van der Waals surface area contributed by atoms with Gasteiger partial charge >= 0.3 is 5.97 Å². The maximum atomic E-state index is 10.9. The van der Waals surface area contributed by atoms with Crippen molar-refractivity contribution in [3.63, 3.8) is 0 Å². The molecule has 3 rings (SSSR count). The number of phenolic OH excluding ortho intramolecular Hbond substituents is 1. The third-order valence-electron chi connectivity index (χ3n) is 2.97. The van der Waals surface area contributed by atoms with E-state index < -0.39 is 5.97 Å². The Kier molecular flexibility index (Phi) is 2.84. The molecular formula is C14H9ClN2O3. The van der Waals surface area contributed by atoms with E-state index in [1.165, 1.54) is 12.1 Å². The van der Waals surface area contributed by atoms with Gasteiger partial charge in [-0.15, -0.1) is 0 Å². The lowest BCUT2D eigenvalue weighted by Crippen LogP contribution is -1.94. The van der Waals surface area contributed by atoms with Crippen molar-refractivity contribution in [2.75, 3.05) is 0 Å². The van der Waals surface area contributed by atoms with Gasteiger partial charge in [0.2, 0.25) is 0 Å². The molecule has 0 saturated heterocycles. The lowest BCUT2D eigenvalue weighted by molar-refractivity contribution is 0.0697. The molecule has 0 bridgehead atoms. The van der Waals surface area contributed by atoms with Crippen LogP contribution in [0.2, 0.25) is 5.02 Å². The van der Waals surface area contributed by atoms with Gasteiger partial charge in [-0.2, -0.15) is 0 Å². The average molecular weight is 289 g/mol. The first-order chi connectivity index (χ1) is 9.56. The smallest absolute Gasteiger partial charge is 0.335 e. The van der Waals surface area contributed by atoms with Crippen molar-refractivity contribution in [3.05, 3.63) is 47.0 Å². The Bertz CT molecular complexity index is 826. The molecule has 2 aromatic carbocycles. The predicted molar refractivity (Wildman–Crippen MR) is 75.2 cm³/mol. The number of para-hydroxylation sites is 1. The normalized spacial score (nSPS) is 10.8. The minimum atomic E-state index is -1.01. The Morgan fingerprint density at radius 2 is 2.05 bits per heavy atom. The molecule has 0 spiro atoms. The molecular weight excluding hydrogens is 280 g/mol. The van der Waals surface area contributed by atoms with Gasteiger partial charge < -0.3 is 15.2 Å². The van der Waals surface area contributed by atoms with Crippen LogP contribution in [0.3, 0.4) is 0 Å². The van der Waals surface area contributed by atoms with Crippen LogP contribution in [0.25, 0.3) is 22.4 Å². The number of aromatic carboxylic acids is 1. The molecule has 0 fully saturated rings. The number of carbonyl (C=O) groups is 1. The number of fused-ring (bicyclic) bond motifs is 1. The summed E-state index contributed by atoms with van der Waals surface area (Å²) in [4.78, 5) is 18.2. The molecule has 0 radical (unpaired) electrons. The van der Waals surface area contributed by atoms with Crippen molar-refractivity contribution in [1.29, 1.82) is 0 Å². The Morgan fingerprint density at radius 1 is 1.25 bits per heavy atom. The van der Waals surface area contributed by atoms with E-state index in [1.54, 1.807) is 24.3 Å². The molecule has 1 heterocycles. The number of nitrogens with zero attached hydrogens (tertiary/aromatic N) is 1. The van der Waals surface area contributed by atoms with E-state index in [1.807, 2.05) is 0 Å². The zero-order valence-corrected chi connectivity index (χ0v) is 10.8. The van der Waals surface area contributed by atoms with Gasteiger partial charge in [0.25, 0.3) is 0 Å². The van der Waals surface area contributed by atoms with Gasteiger partial charge in [0.15, 0.2) is 0 Å². The minimum Gasteiger partial charge on any atom is -0.506 e. The van der Waals surface area contributed by atoms with Crippen LogP contribution in [0.4, 0.5) is 0 Å². The third-order valence-corrected chi connectivity index (χ3v) is 3.28. The Morgan fingerprint density at radius 3 is 2.80 bits per heavy atom. The van der Waals surface area contributed by atoms with Crippen molar-refractivity contribution in [2.24, 2.45) is 0 Å². The summed E-state index contributed by atoms with van der Waals surface area (Å²) in [6.45, 7) is 0. The lowest BCUT2D eigenvalue weighted by Gasteiger charge is -2.01. The van der Waals surface area contributed by atoms with Crippen molar-refractivity contribution >= 4 is 28.6 Å². The molecule has 6 heteroatoms. The quantitative estimate of drug-likeness (QED) is 0.675. The predicted octanol–water partition coefficient (Wildman–Crippen LogP) is 3.29. The van der Waals surface area contributed by atoms with Crippen LogP contribution < -0.4 is 0 Å². The molecule has 20 heavy (non-hydrogen) atoms. The monoisotopic (exact) mass is 288 g/mol. The average Bonchev–Trinajstić information content (AvgIpc) is 2.84. The molecule has 0 amide bonds. The summed E-state index contributed by atoms with van der Waals surface area (Å²) in [7, 11) is 0. The molecule has 0 atom stereocenters. The largest absolute Gasteiger partial charge is 0.506 e. The highest BCUT2D eigenvalue weighted by Crippen LogP contribution is 2.34. The number of aromatic nitrogens is 2. The minimum absolute atomic E-state index is 0.0633. The fraction of sp³-hybridized carbons (Fsp3) is 0. The van der Waals surface area contributed by atoms with Crippen LogP contribution >= 0.6 is 11.6 Å². The Hall–Kier alpha value is -2.53. The van der Waals surface area contributed by atoms with Crippen LogP contribution in [-0.2, 0) is 0 Å². The number of imidazole rings is 1. The summed E-state index contributed by atoms with van der Waals surface area (Å²) in [5, 5.41) is 19.1. The number of hydrogen-bond acceptors (Lipinski definition) is 3. The topological polar surface area (TPSA) is 86.2 Å². The second kappa shape index (κ2) is 4.54. The van der Waals surface area contributed by atoms with Crippen molar-refractivity contribution in [2.45, 2.75) is 0 Å². The van der Waals surface area contributed by atoms with E-state index in [9.17, 15) is 9.90 Å².